The average Bonchev–Trinajstić information content (AvgIpc) is 3.01. The number of aliphatic hydroxyl groups is 3. The van der Waals surface area contributed by atoms with Gasteiger partial charge in [0, 0.05) is 18.8 Å². The van der Waals surface area contributed by atoms with E-state index in [0.29, 0.717) is 12.0 Å². The molecule has 1 aliphatic heterocycles. The van der Waals surface area contributed by atoms with Gasteiger partial charge in [-0.2, -0.15) is 0 Å². The topological polar surface area (TPSA) is 152 Å². The Balaban J connectivity index is 0.000000442. The molecule has 0 aromatic carbocycles. The number of aromatic nitrogens is 1. The molecule has 9 heteroatoms. The summed E-state index contributed by atoms with van der Waals surface area (Å²) in [5, 5.41) is 28.1. The maximum Gasteiger partial charge on any atom is 0.305 e. The third kappa shape index (κ3) is 11.2. The molecule has 4 atom stereocenters. The molecule has 0 spiro atoms. The van der Waals surface area contributed by atoms with Gasteiger partial charge in [-0.3, -0.25) is 14.6 Å². The van der Waals surface area contributed by atoms with E-state index in [2.05, 4.69) is 11.9 Å². The first kappa shape index (κ1) is 27.0. The fourth-order valence-electron chi connectivity index (χ4n) is 3.03. The smallest absolute Gasteiger partial charge is 0.305 e. The van der Waals surface area contributed by atoms with Gasteiger partial charge < -0.3 is 30.5 Å². The largest absolute Gasteiger partial charge is 0.463 e. The first-order chi connectivity index (χ1) is 14.9. The lowest BCUT2D eigenvalue weighted by molar-refractivity contribution is -0.157. The quantitative estimate of drug-likeness (QED) is 0.283. The highest BCUT2D eigenvalue weighted by molar-refractivity contribution is 5.92. The Morgan fingerprint density at radius 2 is 1.71 bits per heavy atom. The Labute approximate surface area is 183 Å². The Morgan fingerprint density at radius 1 is 1.06 bits per heavy atom. The summed E-state index contributed by atoms with van der Waals surface area (Å²) < 4.78 is 9.91. The van der Waals surface area contributed by atoms with Crippen molar-refractivity contribution >= 4 is 11.9 Å². The van der Waals surface area contributed by atoms with Crippen molar-refractivity contribution in [1.29, 1.82) is 0 Å². The number of primary amides is 1. The van der Waals surface area contributed by atoms with Crippen LogP contribution < -0.4 is 5.73 Å². The SMILES string of the molecule is CCCCCCCCCCC(=O)OC[C@H]1OC(O)[C@H](O)[C@@H]1O.NC(=O)c1cccnc1. The molecule has 5 N–H and O–H groups in total. The van der Waals surface area contributed by atoms with Crippen molar-refractivity contribution in [3.05, 3.63) is 30.1 Å². The minimum absolute atomic E-state index is 0.148. The first-order valence-electron chi connectivity index (χ1n) is 10.9. The second-order valence-electron chi connectivity index (χ2n) is 7.56. The van der Waals surface area contributed by atoms with Crippen molar-refractivity contribution in [3.8, 4) is 0 Å². The van der Waals surface area contributed by atoms with Crippen LogP contribution in [-0.4, -0.2) is 63.4 Å². The highest BCUT2D eigenvalue weighted by Crippen LogP contribution is 2.20. The number of hydrogen-bond donors (Lipinski definition) is 4. The van der Waals surface area contributed by atoms with E-state index in [1.54, 1.807) is 18.3 Å². The summed E-state index contributed by atoms with van der Waals surface area (Å²) in [6, 6.07) is 3.29. The number of hydrogen-bond acceptors (Lipinski definition) is 8. The Hall–Kier alpha value is -2.07. The predicted molar refractivity (Wildman–Crippen MR) is 114 cm³/mol. The molecule has 1 saturated heterocycles. The lowest BCUT2D eigenvalue weighted by Gasteiger charge is -2.14. The molecule has 0 aliphatic carbocycles. The van der Waals surface area contributed by atoms with E-state index < -0.39 is 30.5 Å². The van der Waals surface area contributed by atoms with Crippen LogP contribution in [0, 0.1) is 0 Å². The van der Waals surface area contributed by atoms with Crippen molar-refractivity contribution in [3.63, 3.8) is 0 Å². The van der Waals surface area contributed by atoms with E-state index >= 15 is 0 Å². The molecule has 0 bridgehead atoms. The van der Waals surface area contributed by atoms with E-state index in [1.807, 2.05) is 0 Å². The van der Waals surface area contributed by atoms with Gasteiger partial charge in [0.15, 0.2) is 6.29 Å². The van der Waals surface area contributed by atoms with Gasteiger partial charge in [0.25, 0.3) is 0 Å². The van der Waals surface area contributed by atoms with Gasteiger partial charge >= 0.3 is 5.97 Å². The van der Waals surface area contributed by atoms with Gasteiger partial charge in [-0.05, 0) is 18.6 Å². The van der Waals surface area contributed by atoms with Crippen LogP contribution in [0.3, 0.4) is 0 Å². The van der Waals surface area contributed by atoms with Crippen LogP contribution in [-0.2, 0) is 14.3 Å². The summed E-state index contributed by atoms with van der Waals surface area (Å²) in [4.78, 5) is 25.6. The van der Waals surface area contributed by atoms with Gasteiger partial charge in [0.2, 0.25) is 5.91 Å². The molecule has 1 aliphatic rings. The number of amides is 1. The van der Waals surface area contributed by atoms with Gasteiger partial charge in [-0.1, -0.05) is 51.9 Å². The number of nitrogens with zero attached hydrogens (tertiary/aromatic N) is 1. The number of esters is 1. The predicted octanol–water partition coefficient (Wildman–Crippen LogP) is 1.68. The van der Waals surface area contributed by atoms with Crippen LogP contribution in [0.4, 0.5) is 0 Å². The summed E-state index contributed by atoms with van der Waals surface area (Å²) in [5.74, 6) is -0.777. The number of nitrogens with two attached hydrogens (primary N) is 1. The molecule has 176 valence electrons. The lowest BCUT2D eigenvalue weighted by Crippen LogP contribution is -2.34. The summed E-state index contributed by atoms with van der Waals surface area (Å²) >= 11 is 0. The molecule has 1 fully saturated rings. The van der Waals surface area contributed by atoms with Gasteiger partial charge in [0.05, 0.1) is 5.56 Å². The molecule has 0 radical (unpaired) electrons. The average molecular weight is 441 g/mol. The second kappa shape index (κ2) is 15.7. The third-order valence-corrected chi connectivity index (χ3v) is 4.93. The van der Waals surface area contributed by atoms with Gasteiger partial charge in [-0.15, -0.1) is 0 Å². The number of carbonyl (C=O) groups is 2. The zero-order valence-electron chi connectivity index (χ0n) is 18.2. The fourth-order valence-corrected chi connectivity index (χ4v) is 3.03. The second-order valence-corrected chi connectivity index (χ2v) is 7.56. The summed E-state index contributed by atoms with van der Waals surface area (Å²) in [6.45, 7) is 2.05. The molecule has 31 heavy (non-hydrogen) atoms. The Morgan fingerprint density at radius 3 is 2.19 bits per heavy atom. The van der Waals surface area contributed by atoms with Gasteiger partial charge in [-0.25, -0.2) is 0 Å². The third-order valence-electron chi connectivity index (χ3n) is 4.93. The van der Waals surface area contributed by atoms with Gasteiger partial charge in [0.1, 0.15) is 24.9 Å². The fraction of sp³-hybridized carbons (Fsp3) is 0.682. The van der Waals surface area contributed by atoms with E-state index in [4.69, 9.17) is 15.2 Å². The first-order valence-corrected chi connectivity index (χ1v) is 10.9. The van der Waals surface area contributed by atoms with Crippen LogP contribution in [0.15, 0.2) is 24.5 Å². The van der Waals surface area contributed by atoms with Crippen LogP contribution in [0.1, 0.15) is 75.1 Å². The molecule has 2 heterocycles. The van der Waals surface area contributed by atoms with E-state index in [9.17, 15) is 24.9 Å². The Bertz CT molecular complexity index is 630. The maximum atomic E-state index is 11.6. The zero-order valence-corrected chi connectivity index (χ0v) is 18.2. The summed E-state index contributed by atoms with van der Waals surface area (Å²) in [6.07, 6.45) is 7.77. The molecule has 1 aromatic rings. The molecule has 0 saturated carbocycles. The van der Waals surface area contributed by atoms with E-state index in [1.165, 1.54) is 38.3 Å². The molecular formula is C22H36N2O7. The van der Waals surface area contributed by atoms with Crippen LogP contribution in [0.25, 0.3) is 0 Å². The van der Waals surface area contributed by atoms with Crippen molar-refractivity contribution in [2.45, 2.75) is 89.3 Å². The highest BCUT2D eigenvalue weighted by Gasteiger charge is 2.42. The summed E-state index contributed by atoms with van der Waals surface area (Å²) in [7, 11) is 0. The monoisotopic (exact) mass is 440 g/mol. The molecule has 1 unspecified atom stereocenters. The van der Waals surface area contributed by atoms with Crippen LogP contribution in [0.5, 0.6) is 0 Å². The van der Waals surface area contributed by atoms with Crippen molar-refractivity contribution in [2.75, 3.05) is 6.61 Å². The molecule has 1 aromatic heterocycles. The number of pyridine rings is 1. The molecule has 2 rings (SSSR count). The van der Waals surface area contributed by atoms with Crippen molar-refractivity contribution in [1.82, 2.24) is 4.98 Å². The zero-order chi connectivity index (χ0) is 23.1. The standard InChI is InChI=1S/C16H30O6.C6H6N2O/c1-2-3-4-5-6-7-8-9-10-13(17)21-11-12-14(18)15(19)16(20)22-12;7-6(9)5-2-1-3-8-4-5/h12,14-16,18-20H,2-11H2,1H3;1-4H,(H2,7,9)/t12-,14-,15-,16?;/m1./s1. The van der Waals surface area contributed by atoms with Crippen molar-refractivity contribution in [2.24, 2.45) is 5.73 Å². The minimum atomic E-state index is -1.42. The van der Waals surface area contributed by atoms with Crippen molar-refractivity contribution < 1.29 is 34.4 Å². The normalized spacial score (nSPS) is 22.5. The number of aliphatic hydroxyl groups excluding tert-OH is 3. The van der Waals surface area contributed by atoms with E-state index in [-0.39, 0.29) is 12.6 Å². The number of rotatable bonds is 12. The summed E-state index contributed by atoms with van der Waals surface area (Å²) in [5.41, 5.74) is 5.38. The molecule has 1 amide bonds. The number of ether oxygens (including phenoxy) is 2. The lowest BCUT2D eigenvalue weighted by atomic mass is 10.1. The Kier molecular flexibility index (Phi) is 13.6. The molecular weight excluding hydrogens is 404 g/mol. The molecule has 9 nitrogen and oxygen atoms in total. The minimum Gasteiger partial charge on any atom is -0.463 e. The highest BCUT2D eigenvalue weighted by atomic mass is 16.7. The van der Waals surface area contributed by atoms with Crippen LogP contribution in [0.2, 0.25) is 0 Å². The number of carbonyl (C=O) groups excluding carboxylic acids is 2. The van der Waals surface area contributed by atoms with Crippen LogP contribution >= 0.6 is 0 Å². The number of unbranched alkanes of at least 4 members (excludes halogenated alkanes) is 7. The van der Waals surface area contributed by atoms with E-state index in [0.717, 1.165) is 19.3 Å². The maximum absolute atomic E-state index is 11.6.